The van der Waals surface area contributed by atoms with E-state index in [2.05, 4.69) is 10.6 Å². The molecule has 1 aromatic carbocycles. The van der Waals surface area contributed by atoms with Crippen molar-refractivity contribution >= 4 is 6.03 Å². The maximum Gasteiger partial charge on any atom is 0.314 e. The van der Waals surface area contributed by atoms with E-state index < -0.39 is 0 Å². The lowest BCUT2D eigenvalue weighted by molar-refractivity contribution is 0.0917. The molecule has 1 fully saturated rings. The van der Waals surface area contributed by atoms with E-state index in [1.807, 2.05) is 24.3 Å². The van der Waals surface area contributed by atoms with Crippen molar-refractivity contribution in [2.24, 2.45) is 5.92 Å². The normalized spacial score (nSPS) is 23.6. The monoisotopic (exact) mass is 292 g/mol. The minimum Gasteiger partial charge on any atom is -0.486 e. The maximum absolute atomic E-state index is 11.7. The van der Waals surface area contributed by atoms with Gasteiger partial charge in [0.1, 0.15) is 6.61 Å². The number of hydrogen-bond acceptors (Lipinski definition) is 4. The lowest BCUT2D eigenvalue weighted by Gasteiger charge is -2.26. The summed E-state index contributed by atoms with van der Waals surface area (Å²) >= 11 is 0. The average molecular weight is 292 g/mol. The van der Waals surface area contributed by atoms with Crippen LogP contribution in [-0.4, -0.2) is 45.0 Å². The summed E-state index contributed by atoms with van der Waals surface area (Å²) in [7, 11) is 0. The van der Waals surface area contributed by atoms with Gasteiger partial charge in [0, 0.05) is 19.1 Å². The highest BCUT2D eigenvalue weighted by molar-refractivity contribution is 5.73. The number of nitrogens with one attached hydrogen (secondary N) is 2. The summed E-state index contributed by atoms with van der Waals surface area (Å²) in [5.74, 6) is 1.90. The van der Waals surface area contributed by atoms with Crippen molar-refractivity contribution in [2.45, 2.75) is 12.5 Å². The number of rotatable bonds is 4. The standard InChI is InChI=1S/C15H20N2O4/c18-15(16-7-11-5-6-19-9-11)17-8-12-10-20-13-3-1-2-4-14(13)21-12/h1-4,11-12H,5-10H2,(H2,16,17,18)/t11-,12+/m0/s1. The summed E-state index contributed by atoms with van der Waals surface area (Å²) in [4.78, 5) is 11.7. The zero-order chi connectivity index (χ0) is 14.5. The Morgan fingerprint density at radius 1 is 1.14 bits per heavy atom. The third-order valence-corrected chi connectivity index (χ3v) is 3.63. The molecule has 0 spiro atoms. The zero-order valence-corrected chi connectivity index (χ0v) is 11.8. The molecule has 0 radical (unpaired) electrons. The Morgan fingerprint density at radius 2 is 1.95 bits per heavy atom. The molecule has 0 aliphatic carbocycles. The van der Waals surface area contributed by atoms with E-state index in [0.29, 0.717) is 25.6 Å². The van der Waals surface area contributed by atoms with Crippen molar-refractivity contribution < 1.29 is 19.0 Å². The quantitative estimate of drug-likeness (QED) is 0.874. The number of urea groups is 1. The molecule has 2 heterocycles. The van der Waals surface area contributed by atoms with Crippen molar-refractivity contribution in [3.05, 3.63) is 24.3 Å². The zero-order valence-electron chi connectivity index (χ0n) is 11.8. The fourth-order valence-corrected chi connectivity index (χ4v) is 2.41. The van der Waals surface area contributed by atoms with Crippen molar-refractivity contribution in [3.63, 3.8) is 0 Å². The van der Waals surface area contributed by atoms with Crippen molar-refractivity contribution in [1.29, 1.82) is 0 Å². The van der Waals surface area contributed by atoms with Crippen LogP contribution in [0.4, 0.5) is 4.79 Å². The summed E-state index contributed by atoms with van der Waals surface area (Å²) in [5.41, 5.74) is 0. The number of ether oxygens (including phenoxy) is 3. The van der Waals surface area contributed by atoms with Crippen molar-refractivity contribution in [3.8, 4) is 11.5 Å². The largest absolute Gasteiger partial charge is 0.486 e. The Kier molecular flexibility index (Phi) is 4.45. The van der Waals surface area contributed by atoms with E-state index in [0.717, 1.165) is 31.1 Å². The van der Waals surface area contributed by atoms with Crippen LogP contribution in [0.25, 0.3) is 0 Å². The van der Waals surface area contributed by atoms with Crippen LogP contribution in [0, 0.1) is 5.92 Å². The van der Waals surface area contributed by atoms with Crippen molar-refractivity contribution in [1.82, 2.24) is 10.6 Å². The Hall–Kier alpha value is -1.95. The highest BCUT2D eigenvalue weighted by Crippen LogP contribution is 2.30. The lowest BCUT2D eigenvalue weighted by Crippen LogP contribution is -2.45. The highest BCUT2D eigenvalue weighted by Gasteiger charge is 2.21. The minimum absolute atomic E-state index is 0.166. The third-order valence-electron chi connectivity index (χ3n) is 3.63. The average Bonchev–Trinajstić information content (AvgIpc) is 3.04. The second-order valence-electron chi connectivity index (χ2n) is 5.32. The number of amides is 2. The van der Waals surface area contributed by atoms with Gasteiger partial charge in [-0.25, -0.2) is 4.79 Å². The van der Waals surface area contributed by atoms with E-state index in [1.165, 1.54) is 0 Å². The summed E-state index contributed by atoms with van der Waals surface area (Å²) in [6.07, 6.45) is 0.844. The molecule has 21 heavy (non-hydrogen) atoms. The number of benzene rings is 1. The summed E-state index contributed by atoms with van der Waals surface area (Å²) in [5, 5.41) is 5.67. The van der Waals surface area contributed by atoms with Crippen molar-refractivity contribution in [2.75, 3.05) is 32.9 Å². The van der Waals surface area contributed by atoms with Crippen LogP contribution in [0.1, 0.15) is 6.42 Å². The molecule has 114 valence electrons. The fourth-order valence-electron chi connectivity index (χ4n) is 2.41. The van der Waals surface area contributed by atoms with Crippen LogP contribution in [0.5, 0.6) is 11.5 Å². The van der Waals surface area contributed by atoms with Crippen LogP contribution >= 0.6 is 0 Å². The van der Waals surface area contributed by atoms with Gasteiger partial charge in [0.05, 0.1) is 13.2 Å². The second-order valence-corrected chi connectivity index (χ2v) is 5.32. The lowest BCUT2D eigenvalue weighted by atomic mass is 10.1. The van der Waals surface area contributed by atoms with Crippen LogP contribution in [0.2, 0.25) is 0 Å². The Bertz CT molecular complexity index is 488. The molecule has 2 N–H and O–H groups in total. The molecule has 2 atom stereocenters. The molecular formula is C15H20N2O4. The first-order valence-electron chi connectivity index (χ1n) is 7.29. The highest BCUT2D eigenvalue weighted by atomic mass is 16.6. The molecule has 2 aliphatic rings. The van der Waals surface area contributed by atoms with Gasteiger partial charge in [0.2, 0.25) is 0 Å². The maximum atomic E-state index is 11.7. The van der Waals surface area contributed by atoms with Gasteiger partial charge in [-0.1, -0.05) is 12.1 Å². The molecule has 2 amide bonds. The first kappa shape index (κ1) is 14.0. The first-order valence-corrected chi connectivity index (χ1v) is 7.29. The van der Waals surface area contributed by atoms with Crippen LogP contribution in [0.15, 0.2) is 24.3 Å². The summed E-state index contributed by atoms with van der Waals surface area (Å²) < 4.78 is 16.6. The van der Waals surface area contributed by atoms with Crippen LogP contribution in [-0.2, 0) is 4.74 Å². The number of hydrogen-bond donors (Lipinski definition) is 2. The third kappa shape index (κ3) is 3.78. The van der Waals surface area contributed by atoms with Gasteiger partial charge >= 0.3 is 6.03 Å². The molecule has 0 unspecified atom stereocenters. The van der Waals surface area contributed by atoms with Gasteiger partial charge in [0.15, 0.2) is 17.6 Å². The van der Waals surface area contributed by atoms with E-state index in [9.17, 15) is 4.79 Å². The van der Waals surface area contributed by atoms with E-state index in [1.54, 1.807) is 0 Å². The van der Waals surface area contributed by atoms with Crippen LogP contribution in [0.3, 0.4) is 0 Å². The number of para-hydroxylation sites is 2. The predicted molar refractivity (Wildman–Crippen MR) is 76.7 cm³/mol. The smallest absolute Gasteiger partial charge is 0.314 e. The van der Waals surface area contributed by atoms with Gasteiger partial charge in [-0.3, -0.25) is 0 Å². The molecule has 1 aromatic rings. The van der Waals surface area contributed by atoms with E-state index in [-0.39, 0.29) is 12.1 Å². The van der Waals surface area contributed by atoms with E-state index >= 15 is 0 Å². The molecule has 2 aliphatic heterocycles. The van der Waals surface area contributed by atoms with Gasteiger partial charge in [0.25, 0.3) is 0 Å². The molecule has 1 saturated heterocycles. The number of carbonyl (C=O) groups is 1. The second kappa shape index (κ2) is 6.67. The molecule has 6 heteroatoms. The van der Waals surface area contributed by atoms with Gasteiger partial charge in [-0.05, 0) is 18.6 Å². The molecule has 0 aromatic heterocycles. The molecular weight excluding hydrogens is 272 g/mol. The number of fused-ring (bicyclic) bond motifs is 1. The van der Waals surface area contributed by atoms with Gasteiger partial charge < -0.3 is 24.8 Å². The SMILES string of the molecule is O=C(NC[C@@H]1CCOC1)NC[C@@H]1COc2ccccc2O1. The Labute approximate surface area is 123 Å². The van der Waals surface area contributed by atoms with Gasteiger partial charge in [-0.2, -0.15) is 0 Å². The summed E-state index contributed by atoms with van der Waals surface area (Å²) in [6.45, 7) is 3.03. The van der Waals surface area contributed by atoms with Crippen LogP contribution < -0.4 is 20.1 Å². The first-order chi connectivity index (χ1) is 10.3. The minimum atomic E-state index is -0.177. The topological polar surface area (TPSA) is 68.8 Å². The molecule has 0 bridgehead atoms. The summed E-state index contributed by atoms with van der Waals surface area (Å²) in [6, 6.07) is 7.36. The fraction of sp³-hybridized carbons (Fsp3) is 0.533. The Morgan fingerprint density at radius 3 is 2.76 bits per heavy atom. The van der Waals surface area contributed by atoms with E-state index in [4.69, 9.17) is 14.2 Å². The predicted octanol–water partition coefficient (Wildman–Crippen LogP) is 1.16. The Balaban J connectivity index is 1.38. The molecule has 3 rings (SSSR count). The van der Waals surface area contributed by atoms with Gasteiger partial charge in [-0.15, -0.1) is 0 Å². The molecule has 0 saturated carbocycles. The molecule has 6 nitrogen and oxygen atoms in total. The number of carbonyl (C=O) groups excluding carboxylic acids is 1.